The average molecular weight is 282 g/mol. The molecule has 102 valence electrons. The Morgan fingerprint density at radius 1 is 1.28 bits per heavy atom. The van der Waals surface area contributed by atoms with Crippen molar-refractivity contribution in [2.24, 2.45) is 11.8 Å². The summed E-state index contributed by atoms with van der Waals surface area (Å²) in [5.41, 5.74) is 0. The van der Waals surface area contributed by atoms with Crippen molar-refractivity contribution in [3.8, 4) is 0 Å². The number of hydrogen-bond donors (Lipinski definition) is 1. The normalized spacial score (nSPS) is 13.8. The van der Waals surface area contributed by atoms with Crippen LogP contribution in [0.2, 0.25) is 5.15 Å². The summed E-state index contributed by atoms with van der Waals surface area (Å²) < 4.78 is 37.4. The molecule has 1 aromatic rings. The fourth-order valence-electron chi connectivity index (χ4n) is 1.14. The number of hydrogen-bond acceptors (Lipinski definition) is 3. The molecular formula is C11H15ClF3N3. The van der Waals surface area contributed by atoms with Gasteiger partial charge in [-0.15, -0.1) is 0 Å². The third-order valence-corrected chi connectivity index (χ3v) is 2.89. The Morgan fingerprint density at radius 2 is 1.89 bits per heavy atom. The van der Waals surface area contributed by atoms with Crippen molar-refractivity contribution >= 4 is 17.4 Å². The molecule has 7 heteroatoms. The summed E-state index contributed by atoms with van der Waals surface area (Å²) in [6, 6.07) is 1.28. The molecule has 0 saturated carbocycles. The van der Waals surface area contributed by atoms with Crippen LogP contribution in [0, 0.1) is 11.8 Å². The summed E-state index contributed by atoms with van der Waals surface area (Å²) in [6.45, 7) is 6.62. The summed E-state index contributed by atoms with van der Waals surface area (Å²) in [5.74, 6) is -0.394. The maximum Gasteiger partial charge on any atom is 0.451 e. The van der Waals surface area contributed by atoms with E-state index in [-0.39, 0.29) is 11.0 Å². The van der Waals surface area contributed by atoms with E-state index in [1.54, 1.807) is 0 Å². The number of rotatable bonds is 4. The van der Waals surface area contributed by atoms with Crippen LogP contribution in [0.3, 0.4) is 0 Å². The molecule has 1 heterocycles. The molecular weight excluding hydrogens is 267 g/mol. The fourth-order valence-corrected chi connectivity index (χ4v) is 1.32. The van der Waals surface area contributed by atoms with Gasteiger partial charge in [0.1, 0.15) is 11.0 Å². The van der Waals surface area contributed by atoms with Crippen LogP contribution in [-0.4, -0.2) is 16.5 Å². The van der Waals surface area contributed by atoms with Crippen LogP contribution < -0.4 is 5.32 Å². The lowest BCUT2D eigenvalue weighted by Gasteiger charge is -2.17. The summed E-state index contributed by atoms with van der Waals surface area (Å²) in [7, 11) is 0. The monoisotopic (exact) mass is 281 g/mol. The van der Waals surface area contributed by atoms with Gasteiger partial charge < -0.3 is 5.32 Å². The van der Waals surface area contributed by atoms with E-state index < -0.39 is 12.0 Å². The predicted octanol–water partition coefficient (Wildman–Crippen LogP) is 3.85. The van der Waals surface area contributed by atoms with Gasteiger partial charge in [-0.2, -0.15) is 13.2 Å². The van der Waals surface area contributed by atoms with Crippen LogP contribution in [0.5, 0.6) is 0 Å². The van der Waals surface area contributed by atoms with Crippen molar-refractivity contribution in [3.63, 3.8) is 0 Å². The summed E-state index contributed by atoms with van der Waals surface area (Å²) in [4.78, 5) is 6.56. The minimum Gasteiger partial charge on any atom is -0.370 e. The van der Waals surface area contributed by atoms with Crippen molar-refractivity contribution in [1.82, 2.24) is 9.97 Å². The van der Waals surface area contributed by atoms with Gasteiger partial charge in [-0.3, -0.25) is 0 Å². The quantitative estimate of drug-likeness (QED) is 0.852. The number of nitrogens with one attached hydrogen (secondary N) is 1. The first-order valence-electron chi connectivity index (χ1n) is 5.55. The van der Waals surface area contributed by atoms with Crippen LogP contribution in [0.4, 0.5) is 19.0 Å². The molecule has 0 aromatic carbocycles. The molecule has 3 nitrogen and oxygen atoms in total. The van der Waals surface area contributed by atoms with E-state index in [9.17, 15) is 13.2 Å². The fraction of sp³-hybridized carbons (Fsp3) is 0.636. The predicted molar refractivity (Wildman–Crippen MR) is 64.5 cm³/mol. The molecule has 1 N–H and O–H groups in total. The van der Waals surface area contributed by atoms with Gasteiger partial charge in [0.05, 0.1) is 0 Å². The molecule has 1 rings (SSSR count). The van der Waals surface area contributed by atoms with Crippen LogP contribution in [-0.2, 0) is 6.18 Å². The molecule has 0 aliphatic carbocycles. The summed E-state index contributed by atoms with van der Waals surface area (Å²) in [6.07, 6.45) is -4.59. The highest BCUT2D eigenvalue weighted by atomic mass is 35.5. The average Bonchev–Trinajstić information content (AvgIpc) is 2.23. The minimum atomic E-state index is -4.59. The second-order valence-electron chi connectivity index (χ2n) is 4.50. The third kappa shape index (κ3) is 4.33. The molecule has 1 atom stereocenters. The van der Waals surface area contributed by atoms with Crippen LogP contribution in [0.15, 0.2) is 6.07 Å². The Bertz CT molecular complexity index is 407. The molecule has 1 aromatic heterocycles. The van der Waals surface area contributed by atoms with Gasteiger partial charge >= 0.3 is 6.18 Å². The molecule has 0 fully saturated rings. The second-order valence-corrected chi connectivity index (χ2v) is 4.89. The SMILES string of the molecule is CC(C)C(C)CNc1cc(Cl)nc(C(F)(F)F)n1. The van der Waals surface area contributed by atoms with Crippen LogP contribution >= 0.6 is 11.6 Å². The first-order valence-corrected chi connectivity index (χ1v) is 5.93. The molecule has 18 heavy (non-hydrogen) atoms. The van der Waals surface area contributed by atoms with Gasteiger partial charge in [0.15, 0.2) is 0 Å². The molecule has 0 aliphatic rings. The van der Waals surface area contributed by atoms with E-state index in [4.69, 9.17) is 11.6 Å². The number of anilines is 1. The van der Waals surface area contributed by atoms with Crippen molar-refractivity contribution in [3.05, 3.63) is 17.0 Å². The van der Waals surface area contributed by atoms with Gasteiger partial charge in [0.25, 0.3) is 0 Å². The number of halogens is 4. The van der Waals surface area contributed by atoms with Gasteiger partial charge in [-0.1, -0.05) is 32.4 Å². The van der Waals surface area contributed by atoms with Gasteiger partial charge in [-0.25, -0.2) is 9.97 Å². The van der Waals surface area contributed by atoms with E-state index in [1.807, 2.05) is 20.8 Å². The number of alkyl halides is 3. The van der Waals surface area contributed by atoms with E-state index in [0.29, 0.717) is 18.4 Å². The molecule has 0 amide bonds. The molecule has 0 spiro atoms. The van der Waals surface area contributed by atoms with Gasteiger partial charge in [-0.05, 0) is 11.8 Å². The Morgan fingerprint density at radius 3 is 2.39 bits per heavy atom. The van der Waals surface area contributed by atoms with E-state index in [2.05, 4.69) is 15.3 Å². The van der Waals surface area contributed by atoms with E-state index >= 15 is 0 Å². The molecule has 0 bridgehead atoms. The topological polar surface area (TPSA) is 37.8 Å². The third-order valence-electron chi connectivity index (χ3n) is 2.69. The minimum absolute atomic E-state index is 0.0924. The standard InChI is InChI=1S/C11H15ClF3N3/c1-6(2)7(3)5-16-9-4-8(12)17-10(18-9)11(13,14)15/h4,6-7H,5H2,1-3H3,(H,16,17,18). The Balaban J connectivity index is 2.81. The van der Waals surface area contributed by atoms with Crippen LogP contribution in [0.25, 0.3) is 0 Å². The van der Waals surface area contributed by atoms with Gasteiger partial charge in [0.2, 0.25) is 5.82 Å². The summed E-state index contributed by atoms with van der Waals surface area (Å²) >= 11 is 5.54. The van der Waals surface area contributed by atoms with Crippen molar-refractivity contribution in [2.75, 3.05) is 11.9 Å². The molecule has 0 aliphatic heterocycles. The highest BCUT2D eigenvalue weighted by molar-refractivity contribution is 6.29. The first kappa shape index (κ1) is 15.0. The van der Waals surface area contributed by atoms with E-state index in [1.165, 1.54) is 6.07 Å². The lowest BCUT2D eigenvalue weighted by atomic mass is 9.98. The Kier molecular flexibility index (Phi) is 4.78. The maximum absolute atomic E-state index is 12.5. The lowest BCUT2D eigenvalue weighted by Crippen LogP contribution is -2.18. The Hall–Kier alpha value is -1.04. The summed E-state index contributed by atoms with van der Waals surface area (Å²) in [5, 5.41) is 2.62. The van der Waals surface area contributed by atoms with Gasteiger partial charge in [0, 0.05) is 12.6 Å². The van der Waals surface area contributed by atoms with Crippen molar-refractivity contribution in [2.45, 2.75) is 26.9 Å². The first-order chi connectivity index (χ1) is 8.20. The molecule has 0 saturated heterocycles. The van der Waals surface area contributed by atoms with Crippen molar-refractivity contribution < 1.29 is 13.2 Å². The highest BCUT2D eigenvalue weighted by Gasteiger charge is 2.35. The molecule has 1 unspecified atom stereocenters. The number of aromatic nitrogens is 2. The maximum atomic E-state index is 12.5. The zero-order chi connectivity index (χ0) is 13.9. The smallest absolute Gasteiger partial charge is 0.370 e. The highest BCUT2D eigenvalue weighted by Crippen LogP contribution is 2.28. The lowest BCUT2D eigenvalue weighted by molar-refractivity contribution is -0.144. The second kappa shape index (κ2) is 5.73. The largest absolute Gasteiger partial charge is 0.451 e. The molecule has 0 radical (unpaired) electrons. The zero-order valence-electron chi connectivity index (χ0n) is 10.3. The number of nitrogens with zero attached hydrogens (tertiary/aromatic N) is 2. The Labute approximate surface area is 109 Å². The van der Waals surface area contributed by atoms with Crippen LogP contribution in [0.1, 0.15) is 26.6 Å². The van der Waals surface area contributed by atoms with Crippen molar-refractivity contribution in [1.29, 1.82) is 0 Å². The zero-order valence-corrected chi connectivity index (χ0v) is 11.1. The van der Waals surface area contributed by atoms with E-state index in [0.717, 1.165) is 0 Å².